The zero-order valence-corrected chi connectivity index (χ0v) is 17.3. The number of aryl methyl sites for hydroxylation is 1. The first-order valence-corrected chi connectivity index (χ1v) is 9.70. The van der Waals surface area contributed by atoms with E-state index in [1.807, 2.05) is 19.1 Å². The molecule has 1 atom stereocenters. The summed E-state index contributed by atoms with van der Waals surface area (Å²) in [5.74, 6) is -1.28. The van der Waals surface area contributed by atoms with Crippen LogP contribution in [0, 0.1) is 6.92 Å². The number of aromatic amines is 1. The van der Waals surface area contributed by atoms with Gasteiger partial charge < -0.3 is 20.3 Å². The van der Waals surface area contributed by atoms with Crippen LogP contribution in [0.1, 0.15) is 28.0 Å². The van der Waals surface area contributed by atoms with E-state index < -0.39 is 12.0 Å². The van der Waals surface area contributed by atoms with Gasteiger partial charge in [0.25, 0.3) is 5.91 Å². The summed E-state index contributed by atoms with van der Waals surface area (Å²) in [6, 6.07) is 7.91. The molecule has 2 amide bonds. The molecule has 10 nitrogen and oxygen atoms in total. The summed E-state index contributed by atoms with van der Waals surface area (Å²) in [5.41, 5.74) is 3.88. The third kappa shape index (κ3) is 3.91. The Morgan fingerprint density at radius 2 is 2.03 bits per heavy atom. The third-order valence-electron chi connectivity index (χ3n) is 5.24. The standard InChI is InChI=1S/C21H22N6O4/c1-11-4-6-15-18(22-11)25-21(24-15)27(3)19(30)12-5-7-14-13(8-12)10-26(2)20(31)16(23-14)9-17(28)29/h4-8,16,23H,9-10H2,1-3H3,(H,28,29)(H,22,24,25)/t16-/m0/s1. The van der Waals surface area contributed by atoms with Gasteiger partial charge in [-0.2, -0.15) is 4.98 Å². The Labute approximate surface area is 177 Å². The van der Waals surface area contributed by atoms with Crippen LogP contribution in [-0.2, 0) is 16.1 Å². The summed E-state index contributed by atoms with van der Waals surface area (Å²) >= 11 is 0. The Balaban J connectivity index is 1.61. The minimum atomic E-state index is -1.06. The average molecular weight is 422 g/mol. The first-order chi connectivity index (χ1) is 14.7. The van der Waals surface area contributed by atoms with Crippen molar-refractivity contribution in [2.45, 2.75) is 25.9 Å². The Bertz CT molecular complexity index is 1200. The van der Waals surface area contributed by atoms with Crippen molar-refractivity contribution in [1.82, 2.24) is 19.9 Å². The van der Waals surface area contributed by atoms with E-state index in [4.69, 9.17) is 5.11 Å². The lowest BCUT2D eigenvalue weighted by Crippen LogP contribution is -2.39. The average Bonchev–Trinajstić information content (AvgIpc) is 3.10. The quantitative estimate of drug-likeness (QED) is 0.584. The number of carbonyl (C=O) groups excluding carboxylic acids is 2. The molecule has 31 heavy (non-hydrogen) atoms. The van der Waals surface area contributed by atoms with Gasteiger partial charge in [0, 0.05) is 37.6 Å². The highest BCUT2D eigenvalue weighted by atomic mass is 16.4. The molecule has 10 heteroatoms. The minimum Gasteiger partial charge on any atom is -0.481 e. The maximum Gasteiger partial charge on any atom is 0.305 e. The summed E-state index contributed by atoms with van der Waals surface area (Å²) in [6.07, 6.45) is -0.328. The van der Waals surface area contributed by atoms with Gasteiger partial charge in [0.15, 0.2) is 5.65 Å². The molecule has 0 unspecified atom stereocenters. The van der Waals surface area contributed by atoms with Crippen molar-refractivity contribution in [2.75, 3.05) is 24.3 Å². The molecule has 3 heterocycles. The van der Waals surface area contributed by atoms with Crippen molar-refractivity contribution in [1.29, 1.82) is 0 Å². The predicted octanol–water partition coefficient (Wildman–Crippen LogP) is 1.77. The van der Waals surface area contributed by atoms with Gasteiger partial charge in [0.1, 0.15) is 6.04 Å². The third-order valence-corrected chi connectivity index (χ3v) is 5.24. The SMILES string of the molecule is Cc1ccc2[nH]c(N(C)C(=O)c3ccc4c(c3)CN(C)C(=O)[C@H](CC(=O)O)N4)nc2n1. The number of nitrogens with zero attached hydrogens (tertiary/aromatic N) is 4. The van der Waals surface area contributed by atoms with Crippen LogP contribution < -0.4 is 10.2 Å². The number of anilines is 2. The molecule has 3 aromatic rings. The summed E-state index contributed by atoms with van der Waals surface area (Å²) in [4.78, 5) is 51.4. The zero-order chi connectivity index (χ0) is 22.3. The fraction of sp³-hybridized carbons (Fsp3) is 0.286. The summed E-state index contributed by atoms with van der Waals surface area (Å²) in [6.45, 7) is 2.13. The van der Waals surface area contributed by atoms with Crippen LogP contribution in [-0.4, -0.2) is 62.9 Å². The molecule has 0 bridgehead atoms. The van der Waals surface area contributed by atoms with E-state index in [1.165, 1.54) is 9.80 Å². The highest BCUT2D eigenvalue weighted by molar-refractivity contribution is 6.05. The lowest BCUT2D eigenvalue weighted by molar-refractivity contribution is -0.141. The number of nitrogens with one attached hydrogen (secondary N) is 2. The molecular formula is C21H22N6O4. The number of aromatic nitrogens is 3. The van der Waals surface area contributed by atoms with Crippen LogP contribution in [0.5, 0.6) is 0 Å². The first kappa shape index (κ1) is 20.3. The molecule has 0 spiro atoms. The number of carbonyl (C=O) groups is 3. The zero-order valence-electron chi connectivity index (χ0n) is 17.3. The number of imidazole rings is 1. The molecule has 160 valence electrons. The van der Waals surface area contributed by atoms with E-state index in [-0.39, 0.29) is 24.8 Å². The van der Waals surface area contributed by atoms with Crippen LogP contribution in [0.3, 0.4) is 0 Å². The fourth-order valence-electron chi connectivity index (χ4n) is 3.58. The van der Waals surface area contributed by atoms with Gasteiger partial charge in [0.2, 0.25) is 11.9 Å². The molecular weight excluding hydrogens is 400 g/mol. The van der Waals surface area contributed by atoms with E-state index in [9.17, 15) is 14.4 Å². The van der Waals surface area contributed by atoms with Gasteiger partial charge in [0.05, 0.1) is 11.9 Å². The number of carboxylic acid groups (broad SMARTS) is 1. The molecule has 1 aliphatic rings. The Morgan fingerprint density at radius 3 is 2.77 bits per heavy atom. The number of likely N-dealkylation sites (N-methyl/N-ethyl adjacent to an activating group) is 1. The molecule has 4 rings (SSSR count). The number of aliphatic carboxylic acids is 1. The maximum atomic E-state index is 13.1. The van der Waals surface area contributed by atoms with Gasteiger partial charge >= 0.3 is 5.97 Å². The number of rotatable bonds is 4. The normalized spacial score (nSPS) is 15.9. The van der Waals surface area contributed by atoms with Crippen molar-refractivity contribution in [2.24, 2.45) is 0 Å². The Hall–Kier alpha value is -3.95. The van der Waals surface area contributed by atoms with Crippen LogP contribution in [0.4, 0.5) is 11.6 Å². The van der Waals surface area contributed by atoms with Crippen molar-refractivity contribution < 1.29 is 19.5 Å². The van der Waals surface area contributed by atoms with Gasteiger partial charge in [-0.15, -0.1) is 0 Å². The number of amides is 2. The number of fused-ring (bicyclic) bond motifs is 2. The van der Waals surface area contributed by atoms with E-state index in [0.29, 0.717) is 22.8 Å². The lowest BCUT2D eigenvalue weighted by Gasteiger charge is -2.19. The van der Waals surface area contributed by atoms with Crippen molar-refractivity contribution >= 4 is 40.6 Å². The monoisotopic (exact) mass is 422 g/mol. The number of pyridine rings is 1. The van der Waals surface area contributed by atoms with Gasteiger partial charge in [-0.25, -0.2) is 4.98 Å². The fourth-order valence-corrected chi connectivity index (χ4v) is 3.58. The largest absolute Gasteiger partial charge is 0.481 e. The molecule has 1 aromatic carbocycles. The van der Waals surface area contributed by atoms with E-state index in [1.54, 1.807) is 32.3 Å². The van der Waals surface area contributed by atoms with E-state index in [2.05, 4.69) is 20.3 Å². The topological polar surface area (TPSA) is 132 Å². The van der Waals surface area contributed by atoms with Crippen LogP contribution in [0.25, 0.3) is 11.2 Å². The van der Waals surface area contributed by atoms with Crippen LogP contribution in [0.15, 0.2) is 30.3 Å². The molecule has 1 aliphatic heterocycles. The van der Waals surface area contributed by atoms with E-state index >= 15 is 0 Å². The van der Waals surface area contributed by atoms with Crippen LogP contribution in [0.2, 0.25) is 0 Å². The highest BCUT2D eigenvalue weighted by Crippen LogP contribution is 2.26. The number of hydrogen-bond acceptors (Lipinski definition) is 6. The van der Waals surface area contributed by atoms with Gasteiger partial charge in [-0.3, -0.25) is 19.3 Å². The van der Waals surface area contributed by atoms with Gasteiger partial charge in [-0.05, 0) is 42.8 Å². The minimum absolute atomic E-state index is 0.260. The predicted molar refractivity (Wildman–Crippen MR) is 114 cm³/mol. The molecule has 0 saturated heterocycles. The summed E-state index contributed by atoms with van der Waals surface area (Å²) in [5, 5.41) is 12.1. The molecule has 0 fully saturated rings. The highest BCUT2D eigenvalue weighted by Gasteiger charge is 2.29. The second-order valence-corrected chi connectivity index (χ2v) is 7.61. The number of benzene rings is 1. The molecule has 0 saturated carbocycles. The summed E-state index contributed by atoms with van der Waals surface area (Å²) < 4.78 is 0. The maximum absolute atomic E-state index is 13.1. The Kier molecular flexibility index (Phi) is 5.05. The number of H-pyrrole nitrogens is 1. The van der Waals surface area contributed by atoms with Crippen LogP contribution >= 0.6 is 0 Å². The van der Waals surface area contributed by atoms with Gasteiger partial charge in [-0.1, -0.05) is 0 Å². The molecule has 3 N–H and O–H groups in total. The smallest absolute Gasteiger partial charge is 0.305 e. The van der Waals surface area contributed by atoms with E-state index in [0.717, 1.165) is 16.8 Å². The van der Waals surface area contributed by atoms with Crippen molar-refractivity contribution in [3.63, 3.8) is 0 Å². The summed E-state index contributed by atoms with van der Waals surface area (Å²) in [7, 11) is 3.23. The second kappa shape index (κ2) is 7.71. The Morgan fingerprint density at radius 1 is 1.26 bits per heavy atom. The first-order valence-electron chi connectivity index (χ1n) is 9.70. The lowest BCUT2D eigenvalue weighted by atomic mass is 10.1. The molecule has 0 aliphatic carbocycles. The number of hydrogen-bond donors (Lipinski definition) is 3. The van der Waals surface area contributed by atoms with Crippen molar-refractivity contribution in [3.8, 4) is 0 Å². The second-order valence-electron chi connectivity index (χ2n) is 7.61. The molecule has 0 radical (unpaired) electrons. The molecule has 2 aromatic heterocycles. The van der Waals surface area contributed by atoms with Crippen molar-refractivity contribution in [3.05, 3.63) is 47.2 Å². The number of carboxylic acids is 1.